The summed E-state index contributed by atoms with van der Waals surface area (Å²) in [6.45, 7) is 3.58. The lowest BCUT2D eigenvalue weighted by Gasteiger charge is -2.15. The highest BCUT2D eigenvalue weighted by atomic mass is 35.5. The SMILES string of the molecule is COCCNc1nc(NCCOC)c(N=Nc2ccc(N=Nc3c(Cl)cc([N+](=O)[O-])cc3Cl)c3ccccc23)c(C)c1C#N. The molecule has 0 aliphatic carbocycles. The van der Waals surface area contributed by atoms with Gasteiger partial charge in [0.05, 0.1) is 45.1 Å². The quantitative estimate of drug-likeness (QED) is 0.0635. The third-order valence-electron chi connectivity index (χ3n) is 6.33. The number of nitrogens with one attached hydrogen (secondary N) is 2. The molecule has 13 nitrogen and oxygen atoms in total. The number of hydrogen-bond donors (Lipinski definition) is 2. The standard InChI is InChI=1S/C29H27Cl2N9O4/c1-17-21(16-32)28(33-10-12-43-2)35-29(34-11-13-44-3)26(17)38-36-24-8-9-25(20-7-5-4-6-19(20)24)37-39-27-22(30)14-18(40(41)42)15-23(27)31/h4-9,14-15H,10-13H2,1-3H3,(H2,33,34,35). The van der Waals surface area contributed by atoms with Crippen molar-refractivity contribution >= 4 is 74.0 Å². The number of anilines is 2. The van der Waals surface area contributed by atoms with Crippen molar-refractivity contribution in [2.24, 2.45) is 20.5 Å². The average Bonchev–Trinajstić information content (AvgIpc) is 3.01. The van der Waals surface area contributed by atoms with Gasteiger partial charge in [0, 0.05) is 55.8 Å². The Labute approximate surface area is 262 Å². The van der Waals surface area contributed by atoms with Gasteiger partial charge in [0.15, 0.2) is 5.82 Å². The Morgan fingerprint density at radius 1 is 0.886 bits per heavy atom. The molecule has 1 aromatic heterocycles. The molecule has 0 saturated carbocycles. The van der Waals surface area contributed by atoms with Crippen LogP contribution in [0.2, 0.25) is 10.0 Å². The molecule has 0 spiro atoms. The van der Waals surface area contributed by atoms with Gasteiger partial charge >= 0.3 is 0 Å². The minimum atomic E-state index is -0.592. The second kappa shape index (κ2) is 15.1. The number of ether oxygens (including phenoxy) is 2. The molecule has 0 aliphatic heterocycles. The van der Waals surface area contributed by atoms with E-state index in [-0.39, 0.29) is 21.4 Å². The zero-order chi connectivity index (χ0) is 31.6. The molecule has 0 saturated heterocycles. The van der Waals surface area contributed by atoms with Crippen LogP contribution < -0.4 is 10.6 Å². The van der Waals surface area contributed by atoms with Crippen LogP contribution in [0.15, 0.2) is 69.0 Å². The van der Waals surface area contributed by atoms with Gasteiger partial charge in [-0.15, -0.1) is 20.5 Å². The van der Waals surface area contributed by atoms with Crippen LogP contribution in [-0.2, 0) is 9.47 Å². The van der Waals surface area contributed by atoms with E-state index in [1.54, 1.807) is 33.3 Å². The summed E-state index contributed by atoms with van der Waals surface area (Å²) >= 11 is 12.4. The number of non-ortho nitro benzene ring substituents is 1. The Morgan fingerprint density at radius 3 is 1.91 bits per heavy atom. The Hall–Kier alpha value is -4.74. The van der Waals surface area contributed by atoms with E-state index < -0.39 is 4.92 Å². The van der Waals surface area contributed by atoms with Gasteiger partial charge < -0.3 is 20.1 Å². The molecule has 0 radical (unpaired) electrons. The number of rotatable bonds is 13. The Morgan fingerprint density at radius 2 is 1.41 bits per heavy atom. The highest BCUT2D eigenvalue weighted by Crippen LogP contribution is 2.40. The Balaban J connectivity index is 1.73. The molecule has 1 heterocycles. The molecule has 3 aromatic carbocycles. The fourth-order valence-electron chi connectivity index (χ4n) is 4.15. The number of halogens is 2. The maximum Gasteiger partial charge on any atom is 0.272 e. The summed E-state index contributed by atoms with van der Waals surface area (Å²) in [5, 5.41) is 46.4. The first-order valence-corrected chi connectivity index (χ1v) is 13.9. The van der Waals surface area contributed by atoms with Gasteiger partial charge in [-0.25, -0.2) is 4.98 Å². The van der Waals surface area contributed by atoms with Crippen molar-refractivity contribution in [3.63, 3.8) is 0 Å². The fraction of sp³-hybridized carbons (Fsp3) is 0.241. The normalized spacial score (nSPS) is 11.4. The number of pyridine rings is 1. The fourth-order valence-corrected chi connectivity index (χ4v) is 4.70. The summed E-state index contributed by atoms with van der Waals surface area (Å²) in [4.78, 5) is 15.1. The summed E-state index contributed by atoms with van der Waals surface area (Å²) in [7, 11) is 3.19. The first kappa shape index (κ1) is 32.2. The molecule has 226 valence electrons. The molecule has 44 heavy (non-hydrogen) atoms. The second-order valence-corrected chi connectivity index (χ2v) is 9.99. The molecule has 2 N–H and O–H groups in total. The molecular weight excluding hydrogens is 609 g/mol. The molecule has 0 aliphatic rings. The minimum Gasteiger partial charge on any atom is -0.383 e. The largest absolute Gasteiger partial charge is 0.383 e. The van der Waals surface area contributed by atoms with Crippen LogP contribution in [0.4, 0.5) is 40.1 Å². The third-order valence-corrected chi connectivity index (χ3v) is 6.91. The van der Waals surface area contributed by atoms with E-state index in [0.717, 1.165) is 5.39 Å². The van der Waals surface area contributed by atoms with E-state index in [0.29, 0.717) is 71.5 Å². The van der Waals surface area contributed by atoms with E-state index in [1.807, 2.05) is 24.3 Å². The van der Waals surface area contributed by atoms with Crippen molar-refractivity contribution in [3.05, 3.63) is 79.8 Å². The van der Waals surface area contributed by atoms with E-state index in [1.165, 1.54) is 12.1 Å². The number of nitro benzene ring substituents is 1. The van der Waals surface area contributed by atoms with Crippen molar-refractivity contribution < 1.29 is 14.4 Å². The number of methoxy groups -OCH3 is 2. The van der Waals surface area contributed by atoms with Crippen molar-refractivity contribution in [1.82, 2.24) is 4.98 Å². The molecule has 15 heteroatoms. The highest BCUT2D eigenvalue weighted by molar-refractivity contribution is 6.39. The van der Waals surface area contributed by atoms with Gasteiger partial charge in [0.1, 0.15) is 23.3 Å². The summed E-state index contributed by atoms with van der Waals surface area (Å²) in [5.41, 5.74) is 2.23. The first-order valence-electron chi connectivity index (χ1n) is 13.2. The predicted octanol–water partition coefficient (Wildman–Crippen LogP) is 8.58. The van der Waals surface area contributed by atoms with E-state index in [9.17, 15) is 15.4 Å². The molecule has 0 fully saturated rings. The van der Waals surface area contributed by atoms with Gasteiger partial charge in [0.25, 0.3) is 5.69 Å². The van der Waals surface area contributed by atoms with Crippen LogP contribution in [0.5, 0.6) is 0 Å². The first-order chi connectivity index (χ1) is 21.3. The Bertz CT molecular complexity index is 1770. The third kappa shape index (κ3) is 7.42. The van der Waals surface area contributed by atoms with Gasteiger partial charge in [-0.3, -0.25) is 10.1 Å². The highest BCUT2D eigenvalue weighted by Gasteiger charge is 2.18. The van der Waals surface area contributed by atoms with Gasteiger partial charge in [-0.05, 0) is 19.1 Å². The number of hydrogen-bond acceptors (Lipinski definition) is 12. The smallest absolute Gasteiger partial charge is 0.272 e. The molecular formula is C29H27Cl2N9O4. The number of aromatic nitrogens is 1. The van der Waals surface area contributed by atoms with Gasteiger partial charge in [-0.2, -0.15) is 5.26 Å². The van der Waals surface area contributed by atoms with E-state index >= 15 is 0 Å². The van der Waals surface area contributed by atoms with Crippen LogP contribution in [0, 0.1) is 28.4 Å². The summed E-state index contributed by atoms with van der Waals surface area (Å²) in [5.74, 6) is 0.850. The van der Waals surface area contributed by atoms with Gasteiger partial charge in [-0.1, -0.05) is 47.5 Å². The Kier molecular flexibility index (Phi) is 11.1. The summed E-state index contributed by atoms with van der Waals surface area (Å²) < 4.78 is 10.3. The molecule has 0 unspecified atom stereocenters. The lowest BCUT2D eigenvalue weighted by atomic mass is 10.1. The number of nitriles is 1. The zero-order valence-corrected chi connectivity index (χ0v) is 25.5. The minimum absolute atomic E-state index is 0.00165. The van der Waals surface area contributed by atoms with E-state index in [4.69, 9.17) is 32.7 Å². The molecule has 0 amide bonds. The number of fused-ring (bicyclic) bond motifs is 1. The molecule has 4 aromatic rings. The van der Waals surface area contributed by atoms with Crippen molar-refractivity contribution in [2.75, 3.05) is 51.2 Å². The van der Waals surface area contributed by atoms with Crippen molar-refractivity contribution in [1.29, 1.82) is 5.26 Å². The second-order valence-electron chi connectivity index (χ2n) is 9.17. The maximum absolute atomic E-state index is 11.1. The number of nitro groups is 1. The summed E-state index contributed by atoms with van der Waals surface area (Å²) in [6.07, 6.45) is 0. The van der Waals surface area contributed by atoms with Crippen LogP contribution in [0.25, 0.3) is 10.8 Å². The maximum atomic E-state index is 11.1. The van der Waals surface area contributed by atoms with Gasteiger partial charge in [0.2, 0.25) is 0 Å². The van der Waals surface area contributed by atoms with Crippen molar-refractivity contribution in [3.8, 4) is 6.07 Å². The van der Waals surface area contributed by atoms with E-state index in [2.05, 4.69) is 42.1 Å². The van der Waals surface area contributed by atoms with Crippen LogP contribution in [0.3, 0.4) is 0 Å². The van der Waals surface area contributed by atoms with Crippen LogP contribution in [-0.4, -0.2) is 50.4 Å². The lowest BCUT2D eigenvalue weighted by Crippen LogP contribution is -2.14. The number of nitrogens with zero attached hydrogens (tertiary/aromatic N) is 7. The average molecular weight is 637 g/mol. The zero-order valence-electron chi connectivity index (χ0n) is 24.0. The topological polar surface area (TPSA) is 172 Å². The van der Waals surface area contributed by atoms with Crippen molar-refractivity contribution in [2.45, 2.75) is 6.92 Å². The molecule has 0 bridgehead atoms. The monoisotopic (exact) mass is 635 g/mol. The molecule has 4 rings (SSSR count). The summed E-state index contributed by atoms with van der Waals surface area (Å²) in [6, 6.07) is 15.4. The number of azo groups is 2. The van der Waals surface area contributed by atoms with Crippen LogP contribution >= 0.6 is 23.2 Å². The molecule has 0 atom stereocenters. The lowest BCUT2D eigenvalue weighted by molar-refractivity contribution is -0.384. The van der Waals surface area contributed by atoms with Crippen LogP contribution in [0.1, 0.15) is 11.1 Å². The predicted molar refractivity (Wildman–Crippen MR) is 170 cm³/mol. The number of benzene rings is 3.